The van der Waals surface area contributed by atoms with Crippen LogP contribution in [0.4, 0.5) is 10.5 Å². The van der Waals surface area contributed by atoms with Crippen LogP contribution in [0.3, 0.4) is 0 Å². The zero-order valence-electron chi connectivity index (χ0n) is 14.1. The van der Waals surface area contributed by atoms with Gasteiger partial charge in [-0.2, -0.15) is 0 Å². The summed E-state index contributed by atoms with van der Waals surface area (Å²) in [6, 6.07) is 19.0. The van der Waals surface area contributed by atoms with Gasteiger partial charge in [-0.15, -0.1) is 0 Å². The van der Waals surface area contributed by atoms with Crippen LogP contribution in [0.25, 0.3) is 0 Å². The van der Waals surface area contributed by atoms with Crippen LogP contribution in [0.1, 0.15) is 18.4 Å². The molecule has 1 saturated heterocycles. The average molecular weight is 338 g/mol. The van der Waals surface area contributed by atoms with E-state index in [-0.39, 0.29) is 24.5 Å². The molecule has 5 heteroatoms. The number of hydrogen-bond acceptors (Lipinski definition) is 3. The Morgan fingerprint density at radius 1 is 0.960 bits per heavy atom. The number of rotatable bonds is 4. The van der Waals surface area contributed by atoms with Crippen molar-refractivity contribution in [3.8, 4) is 0 Å². The van der Waals surface area contributed by atoms with Crippen LogP contribution in [0.5, 0.6) is 0 Å². The molecular weight excluding hydrogens is 316 g/mol. The van der Waals surface area contributed by atoms with Crippen LogP contribution >= 0.6 is 0 Å². The summed E-state index contributed by atoms with van der Waals surface area (Å²) in [5.74, 6) is -0.0538. The lowest BCUT2D eigenvalue weighted by Crippen LogP contribution is -2.41. The van der Waals surface area contributed by atoms with Gasteiger partial charge in [0.2, 0.25) is 5.91 Å². The fourth-order valence-corrected chi connectivity index (χ4v) is 2.90. The van der Waals surface area contributed by atoms with Crippen molar-refractivity contribution in [2.75, 3.05) is 18.4 Å². The molecule has 25 heavy (non-hydrogen) atoms. The van der Waals surface area contributed by atoms with Gasteiger partial charge in [-0.25, -0.2) is 4.79 Å². The number of piperidine rings is 1. The zero-order chi connectivity index (χ0) is 17.5. The van der Waals surface area contributed by atoms with Crippen LogP contribution in [-0.2, 0) is 16.1 Å². The summed E-state index contributed by atoms with van der Waals surface area (Å²) in [4.78, 5) is 26.1. The molecule has 1 aliphatic heterocycles. The maximum Gasteiger partial charge on any atom is 0.410 e. The number of likely N-dealkylation sites (tertiary alicyclic amines) is 1. The van der Waals surface area contributed by atoms with Crippen molar-refractivity contribution in [1.29, 1.82) is 0 Å². The van der Waals surface area contributed by atoms with Crippen molar-refractivity contribution < 1.29 is 14.3 Å². The third kappa shape index (κ3) is 4.83. The summed E-state index contributed by atoms with van der Waals surface area (Å²) in [5, 5.41) is 2.93. The Balaban J connectivity index is 1.43. The van der Waals surface area contributed by atoms with Gasteiger partial charge in [0, 0.05) is 24.7 Å². The highest BCUT2D eigenvalue weighted by atomic mass is 16.6. The summed E-state index contributed by atoms with van der Waals surface area (Å²) >= 11 is 0. The first-order chi connectivity index (χ1) is 12.2. The van der Waals surface area contributed by atoms with Gasteiger partial charge in [0.25, 0.3) is 0 Å². The molecule has 2 amide bonds. The second-order valence-electron chi connectivity index (χ2n) is 6.16. The van der Waals surface area contributed by atoms with Crippen LogP contribution in [0.15, 0.2) is 60.7 Å². The number of hydrogen-bond donors (Lipinski definition) is 1. The molecule has 0 spiro atoms. The van der Waals surface area contributed by atoms with Gasteiger partial charge >= 0.3 is 6.09 Å². The fraction of sp³-hybridized carbons (Fsp3) is 0.300. The van der Waals surface area contributed by atoms with E-state index in [1.807, 2.05) is 60.7 Å². The molecule has 1 N–H and O–H groups in total. The Morgan fingerprint density at radius 3 is 2.20 bits per heavy atom. The van der Waals surface area contributed by atoms with Crippen molar-refractivity contribution in [2.45, 2.75) is 19.4 Å². The number of carbonyl (C=O) groups excluding carboxylic acids is 2. The Kier molecular flexibility index (Phi) is 5.67. The second kappa shape index (κ2) is 8.33. The van der Waals surface area contributed by atoms with Crippen LogP contribution in [-0.4, -0.2) is 30.0 Å². The molecule has 1 aliphatic rings. The van der Waals surface area contributed by atoms with Gasteiger partial charge in [-0.1, -0.05) is 48.5 Å². The van der Waals surface area contributed by atoms with Crippen LogP contribution in [0, 0.1) is 5.92 Å². The highest BCUT2D eigenvalue weighted by Gasteiger charge is 2.28. The van der Waals surface area contributed by atoms with Gasteiger partial charge in [0.05, 0.1) is 0 Å². The van der Waals surface area contributed by atoms with Crippen molar-refractivity contribution in [1.82, 2.24) is 4.90 Å². The molecule has 1 fully saturated rings. The standard InChI is InChI=1S/C20H22N2O3/c23-19(21-18-9-5-2-6-10-18)17-11-13-22(14-12-17)20(24)25-15-16-7-3-1-4-8-16/h1-10,17H,11-15H2,(H,21,23). The van der Waals surface area contributed by atoms with E-state index in [1.54, 1.807) is 4.90 Å². The average Bonchev–Trinajstić information content (AvgIpc) is 2.68. The quantitative estimate of drug-likeness (QED) is 0.925. The maximum atomic E-state index is 12.3. The van der Waals surface area contributed by atoms with E-state index in [0.29, 0.717) is 25.9 Å². The van der Waals surface area contributed by atoms with E-state index in [2.05, 4.69) is 5.32 Å². The minimum atomic E-state index is -0.314. The highest BCUT2D eigenvalue weighted by Crippen LogP contribution is 2.20. The molecule has 0 aromatic heterocycles. The summed E-state index contributed by atoms with van der Waals surface area (Å²) in [6.45, 7) is 1.36. The van der Waals surface area contributed by atoms with Crippen LogP contribution < -0.4 is 5.32 Å². The van der Waals surface area contributed by atoms with Gasteiger partial charge in [-0.3, -0.25) is 4.79 Å². The van der Waals surface area contributed by atoms with E-state index in [4.69, 9.17) is 4.74 Å². The van der Waals surface area contributed by atoms with Gasteiger partial charge in [0.15, 0.2) is 0 Å². The Hall–Kier alpha value is -2.82. The van der Waals surface area contributed by atoms with E-state index < -0.39 is 0 Å². The van der Waals surface area contributed by atoms with Crippen molar-refractivity contribution in [3.05, 3.63) is 66.2 Å². The van der Waals surface area contributed by atoms with Crippen molar-refractivity contribution >= 4 is 17.7 Å². The minimum Gasteiger partial charge on any atom is -0.445 e. The predicted octanol–water partition coefficient (Wildman–Crippen LogP) is 3.67. The van der Waals surface area contributed by atoms with Crippen molar-refractivity contribution in [3.63, 3.8) is 0 Å². The molecule has 0 atom stereocenters. The number of anilines is 1. The zero-order valence-corrected chi connectivity index (χ0v) is 14.1. The normalized spacial score (nSPS) is 14.8. The maximum absolute atomic E-state index is 12.3. The Labute approximate surface area is 147 Å². The minimum absolute atomic E-state index is 0.0171. The smallest absolute Gasteiger partial charge is 0.410 e. The molecule has 0 radical (unpaired) electrons. The van der Waals surface area contributed by atoms with E-state index in [0.717, 1.165) is 11.3 Å². The summed E-state index contributed by atoms with van der Waals surface area (Å²) in [7, 11) is 0. The lowest BCUT2D eigenvalue weighted by atomic mass is 9.96. The first-order valence-electron chi connectivity index (χ1n) is 8.54. The monoisotopic (exact) mass is 338 g/mol. The molecule has 1 heterocycles. The van der Waals surface area contributed by atoms with E-state index in [9.17, 15) is 9.59 Å². The van der Waals surface area contributed by atoms with Gasteiger partial charge in [-0.05, 0) is 30.5 Å². The molecule has 5 nitrogen and oxygen atoms in total. The number of para-hydroxylation sites is 1. The summed E-state index contributed by atoms with van der Waals surface area (Å²) in [5.41, 5.74) is 1.77. The lowest BCUT2D eigenvalue weighted by Gasteiger charge is -2.30. The highest BCUT2D eigenvalue weighted by molar-refractivity contribution is 5.92. The molecule has 2 aromatic carbocycles. The molecule has 3 rings (SSSR count). The van der Waals surface area contributed by atoms with Crippen LogP contribution in [0.2, 0.25) is 0 Å². The molecule has 2 aromatic rings. The topological polar surface area (TPSA) is 58.6 Å². The number of ether oxygens (including phenoxy) is 1. The van der Waals surface area contributed by atoms with Gasteiger partial charge < -0.3 is 15.0 Å². The third-order valence-electron chi connectivity index (χ3n) is 4.37. The molecule has 130 valence electrons. The molecule has 0 saturated carbocycles. The number of nitrogens with zero attached hydrogens (tertiary/aromatic N) is 1. The SMILES string of the molecule is O=C(Nc1ccccc1)C1CCN(C(=O)OCc2ccccc2)CC1. The third-order valence-corrected chi connectivity index (χ3v) is 4.37. The first kappa shape index (κ1) is 17.0. The number of carbonyl (C=O) groups is 2. The fourth-order valence-electron chi connectivity index (χ4n) is 2.90. The Bertz CT molecular complexity index is 695. The van der Waals surface area contributed by atoms with Gasteiger partial charge in [0.1, 0.15) is 6.61 Å². The molecule has 0 unspecified atom stereocenters. The second-order valence-corrected chi connectivity index (χ2v) is 6.16. The molecular formula is C20H22N2O3. The lowest BCUT2D eigenvalue weighted by molar-refractivity contribution is -0.121. The predicted molar refractivity (Wildman–Crippen MR) is 96.0 cm³/mol. The number of benzene rings is 2. The summed E-state index contributed by atoms with van der Waals surface area (Å²) < 4.78 is 5.35. The van der Waals surface area contributed by atoms with E-state index >= 15 is 0 Å². The number of amides is 2. The first-order valence-corrected chi connectivity index (χ1v) is 8.54. The Morgan fingerprint density at radius 2 is 1.56 bits per heavy atom. The molecule has 0 aliphatic carbocycles. The largest absolute Gasteiger partial charge is 0.445 e. The molecule has 0 bridgehead atoms. The van der Waals surface area contributed by atoms with Crippen molar-refractivity contribution in [2.24, 2.45) is 5.92 Å². The number of nitrogens with one attached hydrogen (secondary N) is 1. The summed E-state index contributed by atoms with van der Waals surface area (Å²) in [6.07, 6.45) is 0.990. The van der Waals surface area contributed by atoms with E-state index in [1.165, 1.54) is 0 Å².